The van der Waals surface area contributed by atoms with Gasteiger partial charge in [-0.3, -0.25) is 14.7 Å². The Morgan fingerprint density at radius 3 is 2.75 bits per heavy atom. The average molecular weight is 487 g/mol. The maximum atomic E-state index is 13.6. The van der Waals surface area contributed by atoms with Gasteiger partial charge in [-0.15, -0.1) is 6.58 Å². The molecule has 0 amide bonds. The summed E-state index contributed by atoms with van der Waals surface area (Å²) < 4.78 is 17.1. The number of carbonyl (C=O) groups excluding carboxylic acids is 2. The maximum Gasteiger partial charge on any atom is 0.342 e. The summed E-state index contributed by atoms with van der Waals surface area (Å²) >= 11 is 0. The summed E-state index contributed by atoms with van der Waals surface area (Å²) in [6.07, 6.45) is 5.26. The van der Waals surface area contributed by atoms with Crippen molar-refractivity contribution in [3.8, 4) is 11.5 Å². The molecule has 2 bridgehead atoms. The van der Waals surface area contributed by atoms with Gasteiger partial charge in [-0.2, -0.15) is 0 Å². The molecule has 186 valence electrons. The number of benzene rings is 2. The first-order valence-corrected chi connectivity index (χ1v) is 12.3. The lowest BCUT2D eigenvalue weighted by Crippen LogP contribution is -2.55. The Morgan fingerprint density at radius 2 is 2.03 bits per heavy atom. The number of pyridine rings is 1. The number of hydrogen-bond acceptors (Lipinski definition) is 7. The predicted molar refractivity (Wildman–Crippen MR) is 136 cm³/mol. The van der Waals surface area contributed by atoms with Crippen LogP contribution in [0.1, 0.15) is 41.8 Å². The highest BCUT2D eigenvalue weighted by Crippen LogP contribution is 2.44. The Balaban J connectivity index is 1.57. The highest BCUT2D eigenvalue weighted by atomic mass is 16.6. The maximum absolute atomic E-state index is 13.6. The van der Waals surface area contributed by atoms with Gasteiger partial charge in [0.2, 0.25) is 0 Å². The minimum atomic E-state index is -0.547. The fraction of sp³-hybridized carbons (Fsp3) is 0.345. The molecule has 6 rings (SSSR count). The standard InChI is InChI=1S/C29H30N2O5/c1-4-19-17-31-14-12-20(19)15-26(31)28(22-11-13-30-25-10-9-21(34-3)16-24(22)25)36-29(33)23-7-5-6-8-27(23)35-18(2)32/h4-11,13,16,19-20,26,28H,1,12,14-15,17H2,2-3H3/t19-,20-,26-,28+/m0/s1. The number of carbonyl (C=O) groups is 2. The van der Waals surface area contributed by atoms with Gasteiger partial charge in [0.1, 0.15) is 23.2 Å². The first-order chi connectivity index (χ1) is 17.5. The molecule has 7 nitrogen and oxygen atoms in total. The van der Waals surface area contributed by atoms with Crippen molar-refractivity contribution in [3.63, 3.8) is 0 Å². The predicted octanol–water partition coefficient (Wildman–Crippen LogP) is 4.96. The van der Waals surface area contributed by atoms with E-state index in [1.807, 2.05) is 24.3 Å². The second-order valence-corrected chi connectivity index (χ2v) is 9.45. The summed E-state index contributed by atoms with van der Waals surface area (Å²) in [6, 6.07) is 14.3. The van der Waals surface area contributed by atoms with Crippen molar-refractivity contribution in [3.05, 3.63) is 78.5 Å². The molecule has 36 heavy (non-hydrogen) atoms. The molecule has 7 heteroatoms. The largest absolute Gasteiger partial charge is 0.497 e. The number of methoxy groups -OCH3 is 1. The molecule has 5 atom stereocenters. The van der Waals surface area contributed by atoms with Crippen LogP contribution in [0.2, 0.25) is 0 Å². The number of aromatic nitrogens is 1. The summed E-state index contributed by atoms with van der Waals surface area (Å²) in [7, 11) is 1.63. The van der Waals surface area contributed by atoms with E-state index in [0.29, 0.717) is 17.6 Å². The zero-order valence-corrected chi connectivity index (χ0v) is 20.6. The van der Waals surface area contributed by atoms with E-state index < -0.39 is 18.0 Å². The van der Waals surface area contributed by atoms with Crippen molar-refractivity contribution in [2.24, 2.45) is 11.8 Å². The Labute approximate surface area is 210 Å². The number of fused-ring (bicyclic) bond motifs is 4. The van der Waals surface area contributed by atoms with Crippen molar-refractivity contribution in [2.75, 3.05) is 20.2 Å². The van der Waals surface area contributed by atoms with Gasteiger partial charge in [-0.05, 0) is 67.6 Å². The summed E-state index contributed by atoms with van der Waals surface area (Å²) in [5.74, 6) is 0.796. The molecule has 3 saturated heterocycles. The van der Waals surface area contributed by atoms with Gasteiger partial charge in [0.15, 0.2) is 0 Å². The fourth-order valence-electron chi connectivity index (χ4n) is 5.62. The van der Waals surface area contributed by atoms with Crippen molar-refractivity contribution >= 4 is 22.8 Å². The van der Waals surface area contributed by atoms with E-state index in [1.165, 1.54) is 6.92 Å². The summed E-state index contributed by atoms with van der Waals surface area (Å²) in [5, 5.41) is 0.880. The third-order valence-electron chi connectivity index (χ3n) is 7.39. The van der Waals surface area contributed by atoms with Crippen molar-refractivity contribution in [1.82, 2.24) is 9.88 Å². The van der Waals surface area contributed by atoms with Crippen LogP contribution in [-0.4, -0.2) is 48.1 Å². The number of nitrogens with zero attached hydrogens (tertiary/aromatic N) is 2. The Bertz CT molecular complexity index is 1310. The van der Waals surface area contributed by atoms with Crippen molar-refractivity contribution < 1.29 is 23.8 Å². The van der Waals surface area contributed by atoms with Crippen LogP contribution in [0.4, 0.5) is 0 Å². The molecule has 0 N–H and O–H groups in total. The van der Waals surface area contributed by atoms with Gasteiger partial charge < -0.3 is 14.2 Å². The molecule has 0 spiro atoms. The lowest BCUT2D eigenvalue weighted by molar-refractivity contribution is -0.131. The van der Waals surface area contributed by atoms with Crippen molar-refractivity contribution in [1.29, 1.82) is 0 Å². The minimum Gasteiger partial charge on any atom is -0.497 e. The summed E-state index contributed by atoms with van der Waals surface area (Å²) in [5.41, 5.74) is 1.90. The molecule has 1 aromatic heterocycles. The van der Waals surface area contributed by atoms with Gasteiger partial charge in [-0.1, -0.05) is 18.2 Å². The Hall–Kier alpha value is -3.71. The molecule has 0 radical (unpaired) electrons. The Kier molecular flexibility index (Phi) is 6.74. The number of rotatable bonds is 7. The first-order valence-electron chi connectivity index (χ1n) is 12.3. The molecule has 3 fully saturated rings. The second-order valence-electron chi connectivity index (χ2n) is 9.45. The number of para-hydroxylation sites is 1. The minimum absolute atomic E-state index is 0.00147. The van der Waals surface area contributed by atoms with E-state index in [1.54, 1.807) is 37.6 Å². The highest BCUT2D eigenvalue weighted by Gasteiger charge is 2.44. The molecule has 4 heterocycles. The van der Waals surface area contributed by atoms with Crippen LogP contribution in [0.15, 0.2) is 67.4 Å². The van der Waals surface area contributed by atoms with Gasteiger partial charge >= 0.3 is 11.9 Å². The number of ether oxygens (including phenoxy) is 3. The zero-order valence-electron chi connectivity index (χ0n) is 20.6. The summed E-state index contributed by atoms with van der Waals surface area (Å²) in [6.45, 7) is 7.19. The topological polar surface area (TPSA) is 78.0 Å². The van der Waals surface area contributed by atoms with E-state index in [-0.39, 0.29) is 17.4 Å². The van der Waals surface area contributed by atoms with Gasteiger partial charge in [0.25, 0.3) is 0 Å². The van der Waals surface area contributed by atoms with E-state index in [4.69, 9.17) is 14.2 Å². The van der Waals surface area contributed by atoms with Crippen LogP contribution >= 0.6 is 0 Å². The van der Waals surface area contributed by atoms with E-state index in [2.05, 4.69) is 22.5 Å². The van der Waals surface area contributed by atoms with E-state index >= 15 is 0 Å². The Morgan fingerprint density at radius 1 is 1.19 bits per heavy atom. The lowest BCUT2D eigenvalue weighted by atomic mass is 9.73. The number of piperidine rings is 3. The van der Waals surface area contributed by atoms with Crippen LogP contribution in [-0.2, 0) is 9.53 Å². The van der Waals surface area contributed by atoms with Gasteiger partial charge in [0, 0.05) is 30.6 Å². The normalized spacial score (nSPS) is 23.6. The van der Waals surface area contributed by atoms with E-state index in [0.717, 1.165) is 42.4 Å². The third-order valence-corrected chi connectivity index (χ3v) is 7.39. The molecular weight excluding hydrogens is 456 g/mol. The molecule has 3 aliphatic heterocycles. The quantitative estimate of drug-likeness (QED) is 0.265. The monoisotopic (exact) mass is 486 g/mol. The zero-order chi connectivity index (χ0) is 25.2. The number of hydrogen-bond donors (Lipinski definition) is 0. The van der Waals surface area contributed by atoms with Crippen LogP contribution in [0.5, 0.6) is 11.5 Å². The van der Waals surface area contributed by atoms with Crippen LogP contribution in [0.25, 0.3) is 10.9 Å². The first kappa shape index (κ1) is 24.0. The molecule has 2 aromatic carbocycles. The average Bonchev–Trinajstić information content (AvgIpc) is 2.91. The van der Waals surface area contributed by atoms with E-state index in [9.17, 15) is 9.59 Å². The molecule has 3 aromatic rings. The lowest BCUT2D eigenvalue weighted by Gasteiger charge is -2.51. The molecule has 0 aliphatic carbocycles. The van der Waals surface area contributed by atoms with Gasteiger partial charge in [0.05, 0.1) is 18.7 Å². The SMILES string of the molecule is C=C[C@H]1CN2CC[C@H]1C[C@H]2[C@H](OC(=O)c1ccccc1OC(C)=O)c1ccnc2ccc(OC)cc12. The highest BCUT2D eigenvalue weighted by molar-refractivity contribution is 5.94. The van der Waals surface area contributed by atoms with Gasteiger partial charge in [-0.25, -0.2) is 4.79 Å². The summed E-state index contributed by atoms with van der Waals surface area (Å²) in [4.78, 5) is 32.1. The number of esters is 2. The molecular formula is C29H30N2O5. The molecule has 0 saturated carbocycles. The van der Waals surface area contributed by atoms with Crippen LogP contribution in [0.3, 0.4) is 0 Å². The fourth-order valence-corrected chi connectivity index (χ4v) is 5.62. The molecule has 1 unspecified atom stereocenters. The third kappa shape index (κ3) is 4.58. The van der Waals surface area contributed by atoms with Crippen molar-refractivity contribution in [2.45, 2.75) is 31.9 Å². The van der Waals surface area contributed by atoms with Crippen LogP contribution < -0.4 is 9.47 Å². The second kappa shape index (κ2) is 10.1. The smallest absolute Gasteiger partial charge is 0.342 e. The molecule has 3 aliphatic rings. The van der Waals surface area contributed by atoms with Crippen LogP contribution in [0, 0.1) is 11.8 Å².